The van der Waals surface area contributed by atoms with Gasteiger partial charge in [-0.05, 0) is 49.6 Å². The van der Waals surface area contributed by atoms with Crippen molar-refractivity contribution in [2.75, 3.05) is 7.05 Å². The molecule has 1 aliphatic rings. The zero-order valence-electron chi connectivity index (χ0n) is 10.8. The van der Waals surface area contributed by atoms with Crippen LogP contribution in [-0.2, 0) is 0 Å². The van der Waals surface area contributed by atoms with Crippen molar-refractivity contribution in [2.24, 2.45) is 5.92 Å². The first-order valence-corrected chi connectivity index (χ1v) is 7.22. The molecule has 1 fully saturated rings. The van der Waals surface area contributed by atoms with E-state index in [1.165, 1.54) is 11.3 Å². The molecule has 0 bridgehead atoms. The fraction of sp³-hybridized carbons (Fsp3) is 0.571. The largest absolute Gasteiger partial charge is 0.338 e. The molecule has 0 unspecified atom stereocenters. The summed E-state index contributed by atoms with van der Waals surface area (Å²) in [5.41, 5.74) is 1.06. The molecule has 96 valence electrons. The second-order valence-corrected chi connectivity index (χ2v) is 5.90. The van der Waals surface area contributed by atoms with Crippen LogP contribution < -0.4 is 0 Å². The lowest BCUT2D eigenvalue weighted by atomic mass is 9.86. The molecule has 0 spiro atoms. The lowest BCUT2D eigenvalue weighted by molar-refractivity contribution is 0.0690. The van der Waals surface area contributed by atoms with Crippen LogP contribution in [0.15, 0.2) is 11.4 Å². The molecular formula is C14H18N2OS. The molecule has 4 heteroatoms. The van der Waals surface area contributed by atoms with E-state index in [0.29, 0.717) is 6.04 Å². The number of carbonyl (C=O) groups is 1. The number of hydrogen-bond donors (Lipinski definition) is 0. The van der Waals surface area contributed by atoms with E-state index in [2.05, 4.69) is 6.07 Å². The van der Waals surface area contributed by atoms with Gasteiger partial charge in [0.1, 0.15) is 0 Å². The molecular weight excluding hydrogens is 244 g/mol. The predicted octanol–water partition coefficient (Wildman–Crippen LogP) is 3.21. The van der Waals surface area contributed by atoms with Gasteiger partial charge in [0.05, 0.1) is 10.9 Å². The van der Waals surface area contributed by atoms with Crippen LogP contribution in [0.5, 0.6) is 0 Å². The van der Waals surface area contributed by atoms with Gasteiger partial charge in [-0.15, -0.1) is 11.3 Å². The van der Waals surface area contributed by atoms with Crippen LogP contribution in [0, 0.1) is 24.2 Å². The topological polar surface area (TPSA) is 44.1 Å². The first-order valence-electron chi connectivity index (χ1n) is 6.34. The summed E-state index contributed by atoms with van der Waals surface area (Å²) in [6.45, 7) is 1.98. The number of aryl methyl sites for hydroxylation is 1. The smallest absolute Gasteiger partial charge is 0.264 e. The zero-order chi connectivity index (χ0) is 13.1. The third-order valence-electron chi connectivity index (χ3n) is 3.80. The van der Waals surface area contributed by atoms with E-state index in [9.17, 15) is 4.79 Å². The molecule has 1 aromatic rings. The van der Waals surface area contributed by atoms with E-state index < -0.39 is 0 Å². The highest BCUT2D eigenvalue weighted by Gasteiger charge is 2.27. The van der Waals surface area contributed by atoms with E-state index in [1.807, 2.05) is 30.3 Å². The van der Waals surface area contributed by atoms with Crippen LogP contribution in [0.4, 0.5) is 0 Å². The standard InChI is InChI=1S/C14H18N2OS/c1-10-7-8-18-13(10)14(17)16(2)12-5-3-11(9-15)4-6-12/h7-8,11-12H,3-6H2,1-2H3. The summed E-state index contributed by atoms with van der Waals surface area (Å²) in [5.74, 6) is 0.316. The normalized spacial score (nSPS) is 23.4. The van der Waals surface area contributed by atoms with Crippen molar-refractivity contribution in [3.8, 4) is 6.07 Å². The highest BCUT2D eigenvalue weighted by molar-refractivity contribution is 7.12. The highest BCUT2D eigenvalue weighted by atomic mass is 32.1. The molecule has 0 aliphatic heterocycles. The summed E-state index contributed by atoms with van der Waals surface area (Å²) >= 11 is 1.51. The van der Waals surface area contributed by atoms with Gasteiger partial charge in [0.2, 0.25) is 0 Å². The lowest BCUT2D eigenvalue weighted by Crippen LogP contribution is -2.39. The molecule has 0 aromatic carbocycles. The van der Waals surface area contributed by atoms with Crippen LogP contribution in [0.1, 0.15) is 40.9 Å². The van der Waals surface area contributed by atoms with Crippen LogP contribution in [0.25, 0.3) is 0 Å². The number of amides is 1. The van der Waals surface area contributed by atoms with Crippen LogP contribution in [-0.4, -0.2) is 23.9 Å². The van der Waals surface area contributed by atoms with Crippen molar-refractivity contribution in [2.45, 2.75) is 38.6 Å². The maximum atomic E-state index is 12.3. The molecule has 3 nitrogen and oxygen atoms in total. The second kappa shape index (κ2) is 5.53. The van der Waals surface area contributed by atoms with Crippen molar-refractivity contribution < 1.29 is 4.79 Å². The van der Waals surface area contributed by atoms with Gasteiger partial charge < -0.3 is 4.90 Å². The molecule has 1 aromatic heterocycles. The third-order valence-corrected chi connectivity index (χ3v) is 4.81. The van der Waals surface area contributed by atoms with Crippen molar-refractivity contribution in [3.63, 3.8) is 0 Å². The molecule has 0 radical (unpaired) electrons. The SMILES string of the molecule is Cc1ccsc1C(=O)N(C)C1CCC(C#N)CC1. The number of nitrogens with zero attached hydrogens (tertiary/aromatic N) is 2. The van der Waals surface area contributed by atoms with Crippen molar-refractivity contribution in [1.82, 2.24) is 4.90 Å². The molecule has 0 N–H and O–H groups in total. The summed E-state index contributed by atoms with van der Waals surface area (Å²) in [7, 11) is 1.89. The second-order valence-electron chi connectivity index (χ2n) is 4.98. The molecule has 0 saturated heterocycles. The van der Waals surface area contributed by atoms with Gasteiger partial charge in [-0.25, -0.2) is 0 Å². The lowest BCUT2D eigenvalue weighted by Gasteiger charge is -2.32. The number of nitriles is 1. The summed E-state index contributed by atoms with van der Waals surface area (Å²) in [6.07, 6.45) is 3.74. The Morgan fingerprint density at radius 1 is 1.44 bits per heavy atom. The first-order chi connectivity index (χ1) is 8.63. The molecule has 1 amide bonds. The molecule has 18 heavy (non-hydrogen) atoms. The summed E-state index contributed by atoms with van der Waals surface area (Å²) in [4.78, 5) is 15.1. The molecule has 1 heterocycles. The minimum absolute atomic E-state index is 0.128. The van der Waals surface area contributed by atoms with E-state index in [4.69, 9.17) is 5.26 Å². The maximum Gasteiger partial charge on any atom is 0.264 e. The quantitative estimate of drug-likeness (QED) is 0.821. The van der Waals surface area contributed by atoms with Gasteiger partial charge in [0.25, 0.3) is 5.91 Å². The summed E-state index contributed by atoms with van der Waals surface area (Å²) in [6, 6.07) is 4.61. The monoisotopic (exact) mass is 262 g/mol. The van der Waals surface area contributed by atoms with Gasteiger partial charge in [-0.3, -0.25) is 4.79 Å². The Balaban J connectivity index is 2.00. The Labute approximate surface area is 112 Å². The van der Waals surface area contributed by atoms with Gasteiger partial charge in [0, 0.05) is 19.0 Å². The number of carbonyl (C=O) groups excluding carboxylic acids is 1. The Bertz CT molecular complexity index is 466. The third kappa shape index (κ3) is 2.56. The van der Waals surface area contributed by atoms with Gasteiger partial charge in [0.15, 0.2) is 0 Å². The number of thiophene rings is 1. The molecule has 2 rings (SSSR count). The Kier molecular flexibility index (Phi) is 4.03. The van der Waals surface area contributed by atoms with Crippen molar-refractivity contribution >= 4 is 17.2 Å². The van der Waals surface area contributed by atoms with Gasteiger partial charge in [-0.1, -0.05) is 0 Å². The summed E-state index contributed by atoms with van der Waals surface area (Å²) < 4.78 is 0. The minimum atomic E-state index is 0.128. The highest BCUT2D eigenvalue weighted by Crippen LogP contribution is 2.28. The Morgan fingerprint density at radius 2 is 2.11 bits per heavy atom. The fourth-order valence-corrected chi connectivity index (χ4v) is 3.42. The fourth-order valence-electron chi connectivity index (χ4n) is 2.51. The van der Waals surface area contributed by atoms with E-state index >= 15 is 0 Å². The van der Waals surface area contributed by atoms with Gasteiger partial charge in [-0.2, -0.15) is 5.26 Å². The van der Waals surface area contributed by atoms with E-state index in [0.717, 1.165) is 36.1 Å². The van der Waals surface area contributed by atoms with E-state index in [-0.39, 0.29) is 11.8 Å². The number of rotatable bonds is 2. The number of hydrogen-bond acceptors (Lipinski definition) is 3. The van der Waals surface area contributed by atoms with Crippen molar-refractivity contribution in [1.29, 1.82) is 5.26 Å². The molecule has 0 atom stereocenters. The zero-order valence-corrected chi connectivity index (χ0v) is 11.7. The average molecular weight is 262 g/mol. The minimum Gasteiger partial charge on any atom is -0.338 e. The van der Waals surface area contributed by atoms with E-state index in [1.54, 1.807) is 0 Å². The molecule has 1 aliphatic carbocycles. The van der Waals surface area contributed by atoms with Gasteiger partial charge >= 0.3 is 0 Å². The van der Waals surface area contributed by atoms with Crippen LogP contribution in [0.2, 0.25) is 0 Å². The van der Waals surface area contributed by atoms with Crippen molar-refractivity contribution in [3.05, 3.63) is 21.9 Å². The Hall–Kier alpha value is -1.34. The predicted molar refractivity (Wildman–Crippen MR) is 72.5 cm³/mol. The summed E-state index contributed by atoms with van der Waals surface area (Å²) in [5, 5.41) is 10.8. The van der Waals surface area contributed by atoms with Crippen LogP contribution >= 0.6 is 11.3 Å². The van der Waals surface area contributed by atoms with Crippen LogP contribution in [0.3, 0.4) is 0 Å². The first kappa shape index (κ1) is 13.1. The molecule has 1 saturated carbocycles. The maximum absolute atomic E-state index is 12.3. The Morgan fingerprint density at radius 3 is 2.61 bits per heavy atom. The average Bonchev–Trinajstić information content (AvgIpc) is 2.83.